The second-order valence-electron chi connectivity index (χ2n) is 9.70. The highest BCUT2D eigenvalue weighted by atomic mass is 16.2. The van der Waals surface area contributed by atoms with Crippen LogP contribution in [-0.4, -0.2) is 83.8 Å². The van der Waals surface area contributed by atoms with Crippen LogP contribution in [0, 0.1) is 11.8 Å². The van der Waals surface area contributed by atoms with E-state index in [0.717, 1.165) is 44.8 Å². The van der Waals surface area contributed by atoms with Crippen molar-refractivity contribution in [1.29, 1.82) is 0 Å². The Labute approximate surface area is 202 Å². The predicted molar refractivity (Wildman–Crippen MR) is 133 cm³/mol. The minimum atomic E-state index is -0.324. The molecule has 2 amide bonds. The number of hydrogen-bond donors (Lipinski definition) is 0. The Kier molecular flexibility index (Phi) is 6.79. The smallest absolute Gasteiger partial charge is 0.231 e. The molecule has 0 spiro atoms. The average molecular weight is 459 g/mol. The minimum absolute atomic E-state index is 0.0884. The standard InChI is InChI=1S/C28H34N4O2/c1-22-25(27(33)31-16-12-29(13-17-31)20-23-8-4-2-5-9-23)26(22)28(34)32-18-14-30(15-19-32)21-24-10-6-3-7-11-24/h2-11,25-26H,1,12-21H2/t25-,26-/m0/s1. The predicted octanol–water partition coefficient (Wildman–Crippen LogP) is 2.48. The van der Waals surface area contributed by atoms with Crippen molar-refractivity contribution >= 4 is 11.8 Å². The molecule has 2 aliphatic heterocycles. The van der Waals surface area contributed by atoms with Gasteiger partial charge < -0.3 is 9.80 Å². The second kappa shape index (κ2) is 10.1. The summed E-state index contributed by atoms with van der Waals surface area (Å²) in [6.45, 7) is 12.2. The molecular weight excluding hydrogens is 424 g/mol. The van der Waals surface area contributed by atoms with Crippen LogP contribution in [0.3, 0.4) is 0 Å². The van der Waals surface area contributed by atoms with E-state index in [-0.39, 0.29) is 23.7 Å². The average Bonchev–Trinajstić information content (AvgIpc) is 3.56. The molecule has 34 heavy (non-hydrogen) atoms. The zero-order valence-electron chi connectivity index (χ0n) is 19.8. The van der Waals surface area contributed by atoms with E-state index in [0.29, 0.717) is 26.2 Å². The molecule has 2 aromatic rings. The number of amides is 2. The topological polar surface area (TPSA) is 47.1 Å². The fraction of sp³-hybridized carbons (Fsp3) is 0.429. The first-order valence-corrected chi connectivity index (χ1v) is 12.4. The molecule has 2 heterocycles. The van der Waals surface area contributed by atoms with Crippen LogP contribution >= 0.6 is 0 Å². The van der Waals surface area contributed by atoms with Gasteiger partial charge in [-0.15, -0.1) is 0 Å². The molecule has 1 saturated carbocycles. The van der Waals surface area contributed by atoms with Crippen molar-refractivity contribution in [3.05, 3.63) is 83.9 Å². The highest BCUT2D eigenvalue weighted by molar-refractivity contribution is 5.99. The summed E-state index contributed by atoms with van der Waals surface area (Å²) >= 11 is 0. The van der Waals surface area contributed by atoms with Gasteiger partial charge in [0.1, 0.15) is 0 Å². The SMILES string of the molecule is C=C1[C@H](C(=O)N2CCN(Cc3ccccc3)CC2)[C@H]1C(=O)N1CCN(Cc2ccccc2)CC1. The maximum atomic E-state index is 13.2. The summed E-state index contributed by atoms with van der Waals surface area (Å²) in [6.07, 6.45) is 0. The van der Waals surface area contributed by atoms with Crippen LogP contribution in [0.25, 0.3) is 0 Å². The van der Waals surface area contributed by atoms with Gasteiger partial charge in [-0.25, -0.2) is 0 Å². The molecule has 3 aliphatic rings. The van der Waals surface area contributed by atoms with E-state index in [9.17, 15) is 9.59 Å². The number of piperazine rings is 2. The summed E-state index contributed by atoms with van der Waals surface area (Å²) in [7, 11) is 0. The van der Waals surface area contributed by atoms with E-state index in [2.05, 4.69) is 64.9 Å². The van der Waals surface area contributed by atoms with Crippen molar-refractivity contribution in [2.45, 2.75) is 13.1 Å². The normalized spacial score (nSPS) is 23.7. The fourth-order valence-electron chi connectivity index (χ4n) is 5.25. The van der Waals surface area contributed by atoms with Crippen LogP contribution in [0.2, 0.25) is 0 Å². The zero-order chi connectivity index (χ0) is 23.5. The number of carbonyl (C=O) groups excluding carboxylic acids is 2. The van der Waals surface area contributed by atoms with Crippen LogP contribution in [-0.2, 0) is 22.7 Å². The van der Waals surface area contributed by atoms with Gasteiger partial charge >= 0.3 is 0 Å². The Morgan fingerprint density at radius 2 is 0.971 bits per heavy atom. The molecule has 0 radical (unpaired) electrons. The molecule has 1 aliphatic carbocycles. The summed E-state index contributed by atoms with van der Waals surface area (Å²) in [4.78, 5) is 35.0. The lowest BCUT2D eigenvalue weighted by Gasteiger charge is -2.35. The Balaban J connectivity index is 1.08. The third-order valence-electron chi connectivity index (χ3n) is 7.42. The van der Waals surface area contributed by atoms with Gasteiger partial charge in [0.15, 0.2) is 0 Å². The Bertz CT molecular complexity index is 928. The van der Waals surface area contributed by atoms with Crippen molar-refractivity contribution in [1.82, 2.24) is 19.6 Å². The molecule has 2 atom stereocenters. The van der Waals surface area contributed by atoms with Crippen LogP contribution in [0.5, 0.6) is 0 Å². The van der Waals surface area contributed by atoms with E-state index in [1.807, 2.05) is 21.9 Å². The number of hydrogen-bond acceptors (Lipinski definition) is 4. The van der Waals surface area contributed by atoms with E-state index in [4.69, 9.17) is 0 Å². The highest BCUT2D eigenvalue weighted by Gasteiger charge is 2.55. The van der Waals surface area contributed by atoms with Gasteiger partial charge in [-0.2, -0.15) is 0 Å². The molecule has 6 heteroatoms. The van der Waals surface area contributed by atoms with E-state index in [1.165, 1.54) is 11.1 Å². The molecule has 0 unspecified atom stereocenters. The molecule has 0 bridgehead atoms. The van der Waals surface area contributed by atoms with Gasteiger partial charge in [0.05, 0.1) is 11.8 Å². The third-order valence-corrected chi connectivity index (χ3v) is 7.42. The molecule has 3 fully saturated rings. The van der Waals surface area contributed by atoms with Gasteiger partial charge in [0.25, 0.3) is 0 Å². The molecule has 2 aromatic carbocycles. The monoisotopic (exact) mass is 458 g/mol. The molecule has 2 saturated heterocycles. The summed E-state index contributed by atoms with van der Waals surface area (Å²) in [5.74, 6) is -0.470. The molecule has 6 nitrogen and oxygen atoms in total. The maximum absolute atomic E-state index is 13.2. The second-order valence-corrected chi connectivity index (χ2v) is 9.70. The van der Waals surface area contributed by atoms with E-state index < -0.39 is 0 Å². The molecule has 0 N–H and O–H groups in total. The number of rotatable bonds is 6. The van der Waals surface area contributed by atoms with Crippen molar-refractivity contribution in [2.24, 2.45) is 11.8 Å². The lowest BCUT2D eigenvalue weighted by atomic mass is 10.1. The van der Waals surface area contributed by atoms with Gasteiger partial charge in [-0.1, -0.05) is 72.8 Å². The third kappa shape index (κ3) is 5.08. The van der Waals surface area contributed by atoms with Gasteiger partial charge in [0, 0.05) is 65.4 Å². The van der Waals surface area contributed by atoms with Gasteiger partial charge in [-0.3, -0.25) is 19.4 Å². The number of benzene rings is 2. The Hall–Kier alpha value is -2.96. The molecule has 178 valence electrons. The lowest BCUT2D eigenvalue weighted by Crippen LogP contribution is -2.50. The molecular formula is C28H34N4O2. The van der Waals surface area contributed by atoms with Crippen molar-refractivity contribution in [2.75, 3.05) is 52.4 Å². The van der Waals surface area contributed by atoms with Gasteiger partial charge in [0.2, 0.25) is 11.8 Å². The molecule has 5 rings (SSSR count). The summed E-state index contributed by atoms with van der Waals surface area (Å²) in [5.41, 5.74) is 3.40. The van der Waals surface area contributed by atoms with Crippen LogP contribution in [0.1, 0.15) is 11.1 Å². The Morgan fingerprint density at radius 1 is 0.618 bits per heavy atom. The van der Waals surface area contributed by atoms with Crippen molar-refractivity contribution < 1.29 is 9.59 Å². The maximum Gasteiger partial charge on any atom is 0.231 e. The summed E-state index contributed by atoms with van der Waals surface area (Å²) in [6, 6.07) is 20.9. The number of carbonyl (C=O) groups is 2. The first-order valence-electron chi connectivity index (χ1n) is 12.4. The first-order chi connectivity index (χ1) is 16.6. The molecule has 0 aromatic heterocycles. The van der Waals surface area contributed by atoms with E-state index >= 15 is 0 Å². The van der Waals surface area contributed by atoms with Crippen molar-refractivity contribution in [3.8, 4) is 0 Å². The van der Waals surface area contributed by atoms with Crippen LogP contribution in [0.15, 0.2) is 72.8 Å². The van der Waals surface area contributed by atoms with Gasteiger partial charge in [-0.05, 0) is 11.1 Å². The van der Waals surface area contributed by atoms with Crippen LogP contribution in [0.4, 0.5) is 0 Å². The van der Waals surface area contributed by atoms with E-state index in [1.54, 1.807) is 0 Å². The highest BCUT2D eigenvalue weighted by Crippen LogP contribution is 2.47. The quantitative estimate of drug-likeness (QED) is 0.624. The van der Waals surface area contributed by atoms with Crippen molar-refractivity contribution in [3.63, 3.8) is 0 Å². The first kappa shape index (κ1) is 22.8. The fourth-order valence-corrected chi connectivity index (χ4v) is 5.25. The lowest BCUT2D eigenvalue weighted by molar-refractivity contribution is -0.139. The summed E-state index contributed by atoms with van der Waals surface area (Å²) in [5, 5.41) is 0. The zero-order valence-corrected chi connectivity index (χ0v) is 19.8. The summed E-state index contributed by atoms with van der Waals surface area (Å²) < 4.78 is 0. The van der Waals surface area contributed by atoms with Crippen LogP contribution < -0.4 is 0 Å². The Morgan fingerprint density at radius 3 is 1.32 bits per heavy atom. The largest absolute Gasteiger partial charge is 0.340 e. The minimum Gasteiger partial charge on any atom is -0.340 e. The number of nitrogens with zero attached hydrogens (tertiary/aromatic N) is 4.